The molecule has 0 fully saturated rings. The molecule has 1 aromatic carbocycles. The summed E-state index contributed by atoms with van der Waals surface area (Å²) in [6.45, 7) is 0. The molecule has 5 heteroatoms. The predicted molar refractivity (Wildman–Crippen MR) is 78.2 cm³/mol. The summed E-state index contributed by atoms with van der Waals surface area (Å²) < 4.78 is 5.93. The van der Waals surface area contributed by atoms with Crippen LogP contribution in [-0.4, -0.2) is 14.2 Å². The molecule has 18 heavy (non-hydrogen) atoms. The molecule has 96 valence electrons. The monoisotopic (exact) mass is 301 g/mol. The van der Waals surface area contributed by atoms with E-state index in [4.69, 9.17) is 27.9 Å². The van der Waals surface area contributed by atoms with Crippen molar-refractivity contribution < 1.29 is 4.74 Å². The Labute approximate surface area is 120 Å². The first kappa shape index (κ1) is 13.7. The highest BCUT2D eigenvalue weighted by Crippen LogP contribution is 2.34. The smallest absolute Gasteiger partial charge is 0.137 e. The second-order valence-corrected chi connectivity index (χ2v) is 5.91. The van der Waals surface area contributed by atoms with Gasteiger partial charge in [-0.25, -0.2) is 0 Å². The molecule has 0 aliphatic rings. The maximum atomic E-state index is 6.15. The second kappa shape index (κ2) is 5.93. The Balaban J connectivity index is 2.36. The van der Waals surface area contributed by atoms with Gasteiger partial charge < -0.3 is 10.1 Å². The van der Waals surface area contributed by atoms with Gasteiger partial charge in [0.25, 0.3) is 0 Å². The number of thiophene rings is 1. The van der Waals surface area contributed by atoms with Gasteiger partial charge in [-0.2, -0.15) is 0 Å². The minimum Gasteiger partial charge on any atom is -0.495 e. The average molecular weight is 302 g/mol. The zero-order valence-electron chi connectivity index (χ0n) is 10.0. The highest BCUT2D eigenvalue weighted by Gasteiger charge is 2.15. The third kappa shape index (κ3) is 2.81. The van der Waals surface area contributed by atoms with Crippen molar-refractivity contribution in [1.82, 2.24) is 5.32 Å². The molecule has 0 amide bonds. The Morgan fingerprint density at radius 3 is 2.50 bits per heavy atom. The molecule has 0 spiro atoms. The van der Waals surface area contributed by atoms with E-state index in [0.717, 1.165) is 14.8 Å². The summed E-state index contributed by atoms with van der Waals surface area (Å²) in [5.74, 6) is 0.680. The summed E-state index contributed by atoms with van der Waals surface area (Å²) in [5.41, 5.74) is 1.09. The van der Waals surface area contributed by atoms with Gasteiger partial charge in [0.05, 0.1) is 22.5 Å². The number of halogens is 2. The minimum absolute atomic E-state index is 0.0888. The van der Waals surface area contributed by atoms with Crippen molar-refractivity contribution in [2.75, 3.05) is 14.2 Å². The van der Waals surface area contributed by atoms with Crippen molar-refractivity contribution in [1.29, 1.82) is 0 Å². The van der Waals surface area contributed by atoms with Gasteiger partial charge >= 0.3 is 0 Å². The van der Waals surface area contributed by atoms with Crippen molar-refractivity contribution in [2.24, 2.45) is 0 Å². The van der Waals surface area contributed by atoms with E-state index in [0.29, 0.717) is 10.8 Å². The SMILES string of the molecule is CNC(c1ccc(OC)c(Cl)c1)c1ccc(Cl)s1. The molecule has 1 heterocycles. The lowest BCUT2D eigenvalue weighted by atomic mass is 10.1. The molecular formula is C13H13Cl2NOS. The first-order chi connectivity index (χ1) is 8.65. The largest absolute Gasteiger partial charge is 0.495 e. The third-order valence-corrected chi connectivity index (χ3v) is 4.27. The van der Waals surface area contributed by atoms with Crippen LogP contribution < -0.4 is 10.1 Å². The molecule has 0 bridgehead atoms. The van der Waals surface area contributed by atoms with Crippen molar-refractivity contribution in [3.05, 3.63) is 50.1 Å². The molecule has 2 nitrogen and oxygen atoms in total. The van der Waals surface area contributed by atoms with Crippen molar-refractivity contribution in [2.45, 2.75) is 6.04 Å². The van der Waals surface area contributed by atoms with E-state index in [1.54, 1.807) is 18.4 Å². The highest BCUT2D eigenvalue weighted by molar-refractivity contribution is 7.16. The van der Waals surface area contributed by atoms with Crippen LogP contribution in [0.25, 0.3) is 0 Å². The third-order valence-electron chi connectivity index (χ3n) is 2.68. The molecular weight excluding hydrogens is 289 g/mol. The van der Waals surface area contributed by atoms with Crippen LogP contribution in [0.4, 0.5) is 0 Å². The zero-order valence-corrected chi connectivity index (χ0v) is 12.4. The summed E-state index contributed by atoms with van der Waals surface area (Å²) in [6.07, 6.45) is 0. The summed E-state index contributed by atoms with van der Waals surface area (Å²) in [5, 5.41) is 3.87. The van der Waals surface area contributed by atoms with E-state index in [-0.39, 0.29) is 6.04 Å². The predicted octanol–water partition coefficient (Wildman–Crippen LogP) is 4.37. The zero-order chi connectivity index (χ0) is 13.1. The fraction of sp³-hybridized carbons (Fsp3) is 0.231. The Kier molecular flexibility index (Phi) is 4.51. The summed E-state index contributed by atoms with van der Waals surface area (Å²) in [7, 11) is 3.52. The van der Waals surface area contributed by atoms with Gasteiger partial charge in [-0.15, -0.1) is 11.3 Å². The molecule has 1 unspecified atom stereocenters. The van der Waals surface area contributed by atoms with Gasteiger partial charge in [0.15, 0.2) is 0 Å². The molecule has 0 aliphatic heterocycles. The quantitative estimate of drug-likeness (QED) is 0.905. The van der Waals surface area contributed by atoms with Crippen LogP contribution in [0.1, 0.15) is 16.5 Å². The van der Waals surface area contributed by atoms with Gasteiger partial charge in [-0.05, 0) is 36.9 Å². The van der Waals surface area contributed by atoms with Crippen LogP contribution in [0, 0.1) is 0 Å². The summed E-state index contributed by atoms with van der Waals surface area (Å²) >= 11 is 13.7. The molecule has 0 saturated carbocycles. The molecule has 2 aromatic rings. The Hall–Kier alpha value is -0.740. The Bertz CT molecular complexity index is 542. The lowest BCUT2D eigenvalue weighted by Gasteiger charge is -2.16. The summed E-state index contributed by atoms with van der Waals surface area (Å²) in [4.78, 5) is 1.16. The minimum atomic E-state index is 0.0888. The molecule has 0 aliphatic carbocycles. The maximum absolute atomic E-state index is 6.15. The second-order valence-electron chi connectivity index (χ2n) is 3.76. The first-order valence-corrected chi connectivity index (χ1v) is 6.99. The fourth-order valence-electron chi connectivity index (χ4n) is 1.82. The lowest BCUT2D eigenvalue weighted by molar-refractivity contribution is 0.414. The Morgan fingerprint density at radius 1 is 1.22 bits per heavy atom. The van der Waals surface area contributed by atoms with Gasteiger partial charge in [0.1, 0.15) is 5.75 Å². The number of rotatable bonds is 4. The van der Waals surface area contributed by atoms with Crippen LogP contribution in [0.3, 0.4) is 0 Å². The van der Waals surface area contributed by atoms with Gasteiger partial charge in [-0.1, -0.05) is 29.3 Å². The maximum Gasteiger partial charge on any atom is 0.137 e. The molecule has 1 N–H and O–H groups in total. The van der Waals surface area contributed by atoms with E-state index in [9.17, 15) is 0 Å². The fourth-order valence-corrected chi connectivity index (χ4v) is 3.28. The number of hydrogen-bond donors (Lipinski definition) is 1. The van der Waals surface area contributed by atoms with E-state index in [1.165, 1.54) is 0 Å². The van der Waals surface area contributed by atoms with Crippen molar-refractivity contribution >= 4 is 34.5 Å². The van der Waals surface area contributed by atoms with Gasteiger partial charge in [0, 0.05) is 4.88 Å². The van der Waals surface area contributed by atoms with Gasteiger partial charge in [-0.3, -0.25) is 0 Å². The summed E-state index contributed by atoms with van der Waals surface area (Å²) in [6, 6.07) is 9.79. The number of methoxy groups -OCH3 is 1. The van der Waals surface area contributed by atoms with Crippen LogP contribution in [0.5, 0.6) is 5.75 Å². The van der Waals surface area contributed by atoms with E-state index in [2.05, 4.69) is 5.32 Å². The number of benzene rings is 1. The Morgan fingerprint density at radius 2 is 2.00 bits per heavy atom. The number of hydrogen-bond acceptors (Lipinski definition) is 3. The molecule has 0 saturated heterocycles. The highest BCUT2D eigenvalue weighted by atomic mass is 35.5. The van der Waals surface area contributed by atoms with Crippen LogP contribution in [0.2, 0.25) is 9.36 Å². The van der Waals surface area contributed by atoms with E-state index >= 15 is 0 Å². The van der Waals surface area contributed by atoms with Crippen molar-refractivity contribution in [3.8, 4) is 5.75 Å². The van der Waals surface area contributed by atoms with Crippen LogP contribution in [0.15, 0.2) is 30.3 Å². The molecule has 1 atom stereocenters. The lowest BCUT2D eigenvalue weighted by Crippen LogP contribution is -2.16. The normalized spacial score (nSPS) is 12.4. The average Bonchev–Trinajstić information content (AvgIpc) is 2.77. The number of ether oxygens (including phenoxy) is 1. The van der Waals surface area contributed by atoms with E-state index < -0.39 is 0 Å². The van der Waals surface area contributed by atoms with Crippen LogP contribution in [-0.2, 0) is 0 Å². The molecule has 1 aromatic heterocycles. The number of nitrogens with one attached hydrogen (secondary N) is 1. The molecule has 0 radical (unpaired) electrons. The van der Waals surface area contributed by atoms with Crippen LogP contribution >= 0.6 is 34.5 Å². The van der Waals surface area contributed by atoms with Gasteiger partial charge in [0.2, 0.25) is 0 Å². The standard InChI is InChI=1S/C13H13Cl2NOS/c1-16-13(11-5-6-12(15)18-11)8-3-4-10(17-2)9(14)7-8/h3-7,13,16H,1-2H3. The van der Waals surface area contributed by atoms with Crippen molar-refractivity contribution in [3.63, 3.8) is 0 Å². The molecule has 2 rings (SSSR count). The van der Waals surface area contributed by atoms with E-state index in [1.807, 2.05) is 37.4 Å². The topological polar surface area (TPSA) is 21.3 Å². The first-order valence-electron chi connectivity index (χ1n) is 5.41.